The lowest BCUT2D eigenvalue weighted by Crippen LogP contribution is -2.13. The number of aryl methyl sites for hydroxylation is 1. The molecule has 0 unspecified atom stereocenters. The number of aromatic nitrogens is 2. The fraction of sp³-hybridized carbons (Fsp3) is 0.182. The topological polar surface area (TPSA) is 72.9 Å². The van der Waals surface area contributed by atoms with Gasteiger partial charge in [-0.05, 0) is 49.1 Å². The van der Waals surface area contributed by atoms with Crippen LogP contribution in [0.15, 0.2) is 53.2 Å². The van der Waals surface area contributed by atoms with Gasteiger partial charge in [0, 0.05) is 28.2 Å². The molecule has 0 saturated carbocycles. The molecule has 1 amide bonds. The second-order valence-electron chi connectivity index (χ2n) is 7.12. The third-order valence-electron chi connectivity index (χ3n) is 5.00. The number of carbonyl (C=O) groups excluding carboxylic acids is 1. The van der Waals surface area contributed by atoms with Crippen LogP contribution in [-0.4, -0.2) is 15.5 Å². The van der Waals surface area contributed by atoms with Crippen molar-refractivity contribution in [3.8, 4) is 11.4 Å². The molecule has 0 aliphatic carbocycles. The highest BCUT2D eigenvalue weighted by Crippen LogP contribution is 2.33. The number of thiophene rings is 1. The SMILES string of the molecule is Cc1c(C(N)=O)cc(-c2csc(Nc3cccc(C(F)(F)F)c3)n2)n1CCc1cccs1. The van der Waals surface area contributed by atoms with Gasteiger partial charge >= 0.3 is 6.18 Å². The average molecular weight is 477 g/mol. The summed E-state index contributed by atoms with van der Waals surface area (Å²) in [6.45, 7) is 2.48. The minimum absolute atomic E-state index is 0.294. The monoisotopic (exact) mass is 476 g/mol. The van der Waals surface area contributed by atoms with E-state index < -0.39 is 17.6 Å². The number of anilines is 2. The van der Waals surface area contributed by atoms with Crippen LogP contribution in [0.2, 0.25) is 0 Å². The molecule has 3 N–H and O–H groups in total. The number of benzene rings is 1. The molecule has 0 fully saturated rings. The molecule has 4 rings (SSSR count). The van der Waals surface area contributed by atoms with Crippen LogP contribution in [0, 0.1) is 6.92 Å². The van der Waals surface area contributed by atoms with Crippen LogP contribution in [0.4, 0.5) is 24.0 Å². The maximum Gasteiger partial charge on any atom is 0.416 e. The van der Waals surface area contributed by atoms with Gasteiger partial charge in [-0.2, -0.15) is 13.2 Å². The van der Waals surface area contributed by atoms with Gasteiger partial charge in [0.05, 0.1) is 22.5 Å². The maximum absolute atomic E-state index is 13.0. The maximum atomic E-state index is 13.0. The summed E-state index contributed by atoms with van der Waals surface area (Å²) < 4.78 is 40.9. The number of nitrogens with one attached hydrogen (secondary N) is 1. The highest BCUT2D eigenvalue weighted by Gasteiger charge is 2.30. The van der Waals surface area contributed by atoms with E-state index in [0.717, 1.165) is 29.9 Å². The molecule has 166 valence electrons. The number of primary amides is 1. The molecule has 1 aromatic carbocycles. The number of hydrogen-bond acceptors (Lipinski definition) is 5. The second-order valence-corrected chi connectivity index (χ2v) is 9.01. The first kappa shape index (κ1) is 22.1. The van der Waals surface area contributed by atoms with Crippen LogP contribution in [0.3, 0.4) is 0 Å². The second kappa shape index (κ2) is 8.79. The molecule has 32 heavy (non-hydrogen) atoms. The number of thiazole rings is 1. The predicted molar refractivity (Wildman–Crippen MR) is 122 cm³/mol. The Kier molecular flexibility index (Phi) is 6.07. The van der Waals surface area contributed by atoms with E-state index in [1.54, 1.807) is 28.8 Å². The zero-order valence-corrected chi connectivity index (χ0v) is 18.6. The fourth-order valence-electron chi connectivity index (χ4n) is 3.42. The number of nitrogens with zero attached hydrogens (tertiary/aromatic N) is 2. The summed E-state index contributed by atoms with van der Waals surface area (Å²) in [5, 5.41) is 7.20. The molecule has 5 nitrogen and oxygen atoms in total. The summed E-state index contributed by atoms with van der Waals surface area (Å²) in [4.78, 5) is 17.7. The molecule has 10 heteroatoms. The van der Waals surface area contributed by atoms with Crippen LogP contribution in [0.1, 0.15) is 26.5 Å². The smallest absolute Gasteiger partial charge is 0.366 e. The van der Waals surface area contributed by atoms with Crippen molar-refractivity contribution >= 4 is 39.4 Å². The van der Waals surface area contributed by atoms with Gasteiger partial charge in [0.15, 0.2) is 5.13 Å². The van der Waals surface area contributed by atoms with E-state index in [4.69, 9.17) is 5.73 Å². The summed E-state index contributed by atoms with van der Waals surface area (Å²) in [6, 6.07) is 10.7. The highest BCUT2D eigenvalue weighted by atomic mass is 32.1. The number of carbonyl (C=O) groups is 1. The van der Waals surface area contributed by atoms with Crippen LogP contribution in [-0.2, 0) is 19.1 Å². The van der Waals surface area contributed by atoms with E-state index in [9.17, 15) is 18.0 Å². The number of nitrogens with two attached hydrogens (primary N) is 1. The van der Waals surface area contributed by atoms with Crippen LogP contribution in [0.25, 0.3) is 11.4 Å². The van der Waals surface area contributed by atoms with Crippen molar-refractivity contribution < 1.29 is 18.0 Å². The highest BCUT2D eigenvalue weighted by molar-refractivity contribution is 7.14. The Labute approximate surface area is 190 Å². The van der Waals surface area contributed by atoms with Crippen molar-refractivity contribution in [1.82, 2.24) is 9.55 Å². The third kappa shape index (κ3) is 4.71. The summed E-state index contributed by atoms with van der Waals surface area (Å²) >= 11 is 2.93. The summed E-state index contributed by atoms with van der Waals surface area (Å²) in [5.41, 5.74) is 7.64. The van der Waals surface area contributed by atoms with Gasteiger partial charge in [-0.15, -0.1) is 22.7 Å². The van der Waals surface area contributed by atoms with Gasteiger partial charge in [-0.1, -0.05) is 12.1 Å². The van der Waals surface area contributed by atoms with E-state index in [1.807, 2.05) is 22.9 Å². The molecular weight excluding hydrogens is 457 g/mol. The van der Waals surface area contributed by atoms with Gasteiger partial charge in [-0.25, -0.2) is 4.98 Å². The molecule has 0 aliphatic rings. The molecule has 0 aliphatic heterocycles. The van der Waals surface area contributed by atoms with E-state index in [-0.39, 0.29) is 0 Å². The molecule has 3 heterocycles. The molecule has 3 aromatic heterocycles. The van der Waals surface area contributed by atoms with Crippen molar-refractivity contribution in [2.75, 3.05) is 5.32 Å². The number of hydrogen-bond donors (Lipinski definition) is 2. The molecule has 0 bridgehead atoms. The van der Waals surface area contributed by atoms with E-state index >= 15 is 0 Å². The van der Waals surface area contributed by atoms with Crippen LogP contribution >= 0.6 is 22.7 Å². The lowest BCUT2D eigenvalue weighted by atomic mass is 10.2. The molecule has 4 aromatic rings. The van der Waals surface area contributed by atoms with Gasteiger partial charge in [-0.3, -0.25) is 4.79 Å². The minimum Gasteiger partial charge on any atom is -0.366 e. The van der Waals surface area contributed by atoms with Crippen LogP contribution < -0.4 is 11.1 Å². The zero-order valence-electron chi connectivity index (χ0n) is 16.9. The van der Waals surface area contributed by atoms with Crippen LogP contribution in [0.5, 0.6) is 0 Å². The quantitative estimate of drug-likeness (QED) is 0.339. The van der Waals surface area contributed by atoms with Gasteiger partial charge in [0.25, 0.3) is 5.91 Å². The van der Waals surface area contributed by atoms with E-state index in [0.29, 0.717) is 28.6 Å². The van der Waals surface area contributed by atoms with Gasteiger partial charge in [0.2, 0.25) is 0 Å². The van der Waals surface area contributed by atoms with Crippen molar-refractivity contribution in [3.63, 3.8) is 0 Å². The Hall–Kier alpha value is -3.11. The Morgan fingerprint density at radius 3 is 2.69 bits per heavy atom. The molecule has 0 atom stereocenters. The molecule has 0 saturated heterocycles. The lowest BCUT2D eigenvalue weighted by molar-refractivity contribution is -0.137. The number of rotatable bonds is 7. The first-order valence-corrected chi connectivity index (χ1v) is 11.4. The molecule has 0 radical (unpaired) electrons. The lowest BCUT2D eigenvalue weighted by Gasteiger charge is -2.10. The van der Waals surface area contributed by atoms with E-state index in [1.165, 1.54) is 22.3 Å². The van der Waals surface area contributed by atoms with Crippen molar-refractivity contribution in [2.24, 2.45) is 5.73 Å². The minimum atomic E-state index is -4.42. The fourth-order valence-corrected chi connectivity index (χ4v) is 4.84. The predicted octanol–water partition coefficient (Wildman–Crippen LogP) is 6.09. The zero-order chi connectivity index (χ0) is 22.9. The standard InChI is InChI=1S/C22H19F3N4OS2/c1-13-17(20(26)30)11-19(29(13)8-7-16-6-3-9-31-16)18-12-32-21(28-18)27-15-5-2-4-14(10-15)22(23,24)25/h2-6,9-12H,7-8H2,1H3,(H2,26,30)(H,27,28). The van der Waals surface area contributed by atoms with Crippen molar-refractivity contribution in [1.29, 1.82) is 0 Å². The Morgan fingerprint density at radius 2 is 2.00 bits per heavy atom. The molecule has 0 spiro atoms. The summed E-state index contributed by atoms with van der Waals surface area (Å²) in [5.74, 6) is -0.517. The van der Waals surface area contributed by atoms with Crippen molar-refractivity contribution in [3.05, 3.63) is 74.9 Å². The first-order chi connectivity index (χ1) is 15.2. The Bertz CT molecular complexity index is 1240. The summed E-state index contributed by atoms with van der Waals surface area (Å²) in [6.07, 6.45) is -3.63. The van der Waals surface area contributed by atoms with Gasteiger partial charge in [0.1, 0.15) is 0 Å². The largest absolute Gasteiger partial charge is 0.416 e. The number of halogens is 3. The number of amides is 1. The summed E-state index contributed by atoms with van der Waals surface area (Å²) in [7, 11) is 0. The molecular formula is C22H19F3N4OS2. The van der Waals surface area contributed by atoms with Gasteiger partial charge < -0.3 is 15.6 Å². The van der Waals surface area contributed by atoms with E-state index in [2.05, 4.69) is 16.4 Å². The first-order valence-electron chi connectivity index (χ1n) is 9.65. The number of alkyl halides is 3. The Balaban J connectivity index is 1.62. The Morgan fingerprint density at radius 1 is 1.19 bits per heavy atom. The third-order valence-corrected chi connectivity index (χ3v) is 6.70. The van der Waals surface area contributed by atoms with Crippen molar-refractivity contribution in [2.45, 2.75) is 26.1 Å². The average Bonchev–Trinajstić information content (AvgIpc) is 3.47. The normalized spacial score (nSPS) is 11.6.